The Morgan fingerprint density at radius 1 is 1.21 bits per heavy atom. The van der Waals surface area contributed by atoms with E-state index in [1.165, 1.54) is 12.3 Å². The van der Waals surface area contributed by atoms with E-state index in [2.05, 4.69) is 31.4 Å². The van der Waals surface area contributed by atoms with Gasteiger partial charge in [0.1, 0.15) is 6.54 Å². The van der Waals surface area contributed by atoms with E-state index < -0.39 is 0 Å². The predicted octanol–water partition coefficient (Wildman–Crippen LogP) is 2.04. The van der Waals surface area contributed by atoms with Gasteiger partial charge in [-0.2, -0.15) is 10.2 Å². The van der Waals surface area contributed by atoms with Gasteiger partial charge in [0.05, 0.1) is 17.6 Å². The van der Waals surface area contributed by atoms with E-state index in [1.807, 2.05) is 24.3 Å². The fourth-order valence-corrected chi connectivity index (χ4v) is 2.42. The van der Waals surface area contributed by atoms with Gasteiger partial charge in [0, 0.05) is 29.3 Å². The quantitative estimate of drug-likeness (QED) is 0.742. The molecule has 3 aromatic rings. The van der Waals surface area contributed by atoms with Gasteiger partial charge in [-0.15, -0.1) is 0 Å². The van der Waals surface area contributed by atoms with Crippen LogP contribution in [0, 0.1) is 0 Å². The van der Waals surface area contributed by atoms with Crippen molar-refractivity contribution in [2.75, 3.05) is 5.32 Å². The Bertz CT molecular complexity index is 930. The molecule has 1 amide bonds. The average molecular weight is 388 g/mol. The van der Waals surface area contributed by atoms with Crippen molar-refractivity contribution in [1.29, 1.82) is 0 Å². The zero-order valence-corrected chi connectivity index (χ0v) is 14.4. The van der Waals surface area contributed by atoms with Crippen molar-refractivity contribution >= 4 is 27.5 Å². The van der Waals surface area contributed by atoms with E-state index in [4.69, 9.17) is 0 Å². The molecule has 0 spiro atoms. The molecule has 24 heavy (non-hydrogen) atoms. The van der Waals surface area contributed by atoms with Crippen molar-refractivity contribution in [2.24, 2.45) is 7.05 Å². The molecule has 122 valence electrons. The fraction of sp³-hybridized carbons (Fsp3) is 0.125. The van der Waals surface area contributed by atoms with Crippen LogP contribution in [0.15, 0.2) is 58.1 Å². The van der Waals surface area contributed by atoms with Gasteiger partial charge in [-0.1, -0.05) is 28.1 Å². The lowest BCUT2D eigenvalue weighted by atomic mass is 10.1. The van der Waals surface area contributed by atoms with Crippen LogP contribution in [0.1, 0.15) is 0 Å². The van der Waals surface area contributed by atoms with Crippen LogP contribution in [0.25, 0.3) is 11.3 Å². The number of hydrogen-bond acceptors (Lipinski definition) is 4. The van der Waals surface area contributed by atoms with Gasteiger partial charge in [0.15, 0.2) is 0 Å². The summed E-state index contributed by atoms with van der Waals surface area (Å²) in [6.07, 6.45) is 3.21. The normalized spacial score (nSPS) is 10.6. The lowest BCUT2D eigenvalue weighted by Gasteiger charge is -2.07. The minimum Gasteiger partial charge on any atom is -0.322 e. The number of aromatic nitrogens is 4. The molecule has 1 N–H and O–H groups in total. The number of hydrogen-bond donors (Lipinski definition) is 1. The van der Waals surface area contributed by atoms with Gasteiger partial charge < -0.3 is 5.32 Å². The smallest absolute Gasteiger partial charge is 0.267 e. The Morgan fingerprint density at radius 3 is 2.62 bits per heavy atom. The number of benzene rings is 1. The number of carbonyl (C=O) groups excluding carboxylic acids is 1. The molecule has 0 saturated heterocycles. The van der Waals surface area contributed by atoms with Crippen molar-refractivity contribution in [2.45, 2.75) is 6.54 Å². The minimum atomic E-state index is -0.342. The molecule has 1 aromatic carbocycles. The lowest BCUT2D eigenvalue weighted by molar-refractivity contribution is -0.117. The van der Waals surface area contributed by atoms with Gasteiger partial charge in [0.2, 0.25) is 5.91 Å². The van der Waals surface area contributed by atoms with Crippen molar-refractivity contribution in [3.05, 3.63) is 63.6 Å². The summed E-state index contributed by atoms with van der Waals surface area (Å²) < 4.78 is 3.67. The number of rotatable bonds is 4. The van der Waals surface area contributed by atoms with Crippen molar-refractivity contribution < 1.29 is 4.79 Å². The lowest BCUT2D eigenvalue weighted by Crippen LogP contribution is -2.29. The van der Waals surface area contributed by atoms with Crippen LogP contribution >= 0.6 is 15.9 Å². The average Bonchev–Trinajstić information content (AvgIpc) is 2.95. The summed E-state index contributed by atoms with van der Waals surface area (Å²) in [6, 6.07) is 10.6. The monoisotopic (exact) mass is 387 g/mol. The Morgan fingerprint density at radius 2 is 1.96 bits per heavy atom. The molecule has 2 heterocycles. The first-order chi connectivity index (χ1) is 11.5. The van der Waals surface area contributed by atoms with Crippen LogP contribution in [0.4, 0.5) is 5.69 Å². The molecule has 0 saturated carbocycles. The maximum atomic E-state index is 12.1. The highest BCUT2D eigenvalue weighted by Crippen LogP contribution is 2.18. The number of aryl methyl sites for hydroxylation is 1. The first kappa shape index (κ1) is 16.1. The van der Waals surface area contributed by atoms with Crippen LogP contribution in [-0.4, -0.2) is 25.5 Å². The highest BCUT2D eigenvalue weighted by molar-refractivity contribution is 9.10. The van der Waals surface area contributed by atoms with Crippen molar-refractivity contribution in [3.8, 4) is 11.3 Å². The molecule has 3 rings (SSSR count). The molecule has 0 atom stereocenters. The SMILES string of the molecule is Cn1cc(NC(=O)Cn2nc(-c3ccc(Br)cc3)ccc2=O)cn1. The number of anilines is 1. The predicted molar refractivity (Wildman–Crippen MR) is 93.5 cm³/mol. The molecule has 0 aliphatic heterocycles. The molecule has 0 aliphatic rings. The van der Waals surface area contributed by atoms with Crippen LogP contribution in [-0.2, 0) is 18.4 Å². The molecule has 0 unspecified atom stereocenters. The summed E-state index contributed by atoms with van der Waals surface area (Å²) in [5.74, 6) is -0.342. The molecule has 0 bridgehead atoms. The van der Waals surface area contributed by atoms with Gasteiger partial charge >= 0.3 is 0 Å². The van der Waals surface area contributed by atoms with E-state index >= 15 is 0 Å². The largest absolute Gasteiger partial charge is 0.322 e. The second kappa shape index (κ2) is 6.79. The maximum absolute atomic E-state index is 12.1. The molecule has 0 aliphatic carbocycles. The summed E-state index contributed by atoms with van der Waals surface area (Å²) in [6.45, 7) is -0.169. The third-order valence-corrected chi connectivity index (χ3v) is 3.82. The van der Waals surface area contributed by atoms with Crippen molar-refractivity contribution in [3.63, 3.8) is 0 Å². The fourth-order valence-electron chi connectivity index (χ4n) is 2.16. The van der Waals surface area contributed by atoms with Crippen LogP contribution in [0.2, 0.25) is 0 Å². The highest BCUT2D eigenvalue weighted by Gasteiger charge is 2.09. The summed E-state index contributed by atoms with van der Waals surface area (Å²) in [7, 11) is 1.75. The second-order valence-corrected chi connectivity index (χ2v) is 6.09. The van der Waals surface area contributed by atoms with Crippen LogP contribution < -0.4 is 10.9 Å². The van der Waals surface area contributed by atoms with E-state index in [1.54, 1.807) is 24.0 Å². The Kier molecular flexibility index (Phi) is 4.57. The van der Waals surface area contributed by atoms with Crippen LogP contribution in [0.5, 0.6) is 0 Å². The third kappa shape index (κ3) is 3.77. The first-order valence-electron chi connectivity index (χ1n) is 7.14. The van der Waals surface area contributed by atoms with Crippen LogP contribution in [0.3, 0.4) is 0 Å². The summed E-state index contributed by atoms with van der Waals surface area (Å²) in [5.41, 5.74) is 1.72. The van der Waals surface area contributed by atoms with E-state index in [0.717, 1.165) is 14.7 Å². The highest BCUT2D eigenvalue weighted by atomic mass is 79.9. The number of nitrogens with one attached hydrogen (secondary N) is 1. The topological polar surface area (TPSA) is 81.8 Å². The Hall–Kier alpha value is -2.74. The molecule has 2 aromatic heterocycles. The van der Waals surface area contributed by atoms with Gasteiger partial charge in [-0.25, -0.2) is 4.68 Å². The summed E-state index contributed by atoms with van der Waals surface area (Å²) >= 11 is 3.37. The standard InChI is InChI=1S/C16H14BrN5O2/c1-21-9-13(8-18-21)19-15(23)10-22-16(24)7-6-14(20-22)11-2-4-12(17)5-3-11/h2-9H,10H2,1H3,(H,19,23). The number of amides is 1. The third-order valence-electron chi connectivity index (χ3n) is 3.29. The molecule has 0 radical (unpaired) electrons. The van der Waals surface area contributed by atoms with Gasteiger partial charge in [0.25, 0.3) is 5.56 Å². The molecular formula is C16H14BrN5O2. The van der Waals surface area contributed by atoms with E-state index in [0.29, 0.717) is 11.4 Å². The van der Waals surface area contributed by atoms with Gasteiger partial charge in [-0.3, -0.25) is 14.3 Å². The Labute approximate surface area is 146 Å². The molecule has 0 fully saturated rings. The number of carbonyl (C=O) groups is 1. The zero-order valence-electron chi connectivity index (χ0n) is 12.8. The van der Waals surface area contributed by atoms with Crippen molar-refractivity contribution in [1.82, 2.24) is 19.6 Å². The number of halogens is 1. The summed E-state index contributed by atoms with van der Waals surface area (Å²) in [5, 5.41) is 10.9. The Balaban J connectivity index is 1.80. The molecule has 7 nitrogen and oxygen atoms in total. The second-order valence-electron chi connectivity index (χ2n) is 5.17. The van der Waals surface area contributed by atoms with E-state index in [9.17, 15) is 9.59 Å². The first-order valence-corrected chi connectivity index (χ1v) is 7.93. The molecule has 8 heteroatoms. The number of nitrogens with zero attached hydrogens (tertiary/aromatic N) is 4. The maximum Gasteiger partial charge on any atom is 0.267 e. The molecular weight excluding hydrogens is 374 g/mol. The minimum absolute atomic E-state index is 0.169. The van der Waals surface area contributed by atoms with E-state index in [-0.39, 0.29) is 18.0 Å². The van der Waals surface area contributed by atoms with Gasteiger partial charge in [-0.05, 0) is 18.2 Å². The summed E-state index contributed by atoms with van der Waals surface area (Å²) in [4.78, 5) is 24.0. The zero-order chi connectivity index (χ0) is 17.1.